The van der Waals surface area contributed by atoms with E-state index in [4.69, 9.17) is 27.9 Å². The number of benzene rings is 2. The number of alkyl halides is 2. The van der Waals surface area contributed by atoms with Crippen molar-refractivity contribution in [1.82, 2.24) is 9.78 Å². The van der Waals surface area contributed by atoms with Crippen LogP contribution < -0.4 is 14.8 Å². The lowest BCUT2D eigenvalue weighted by Gasteiger charge is -2.12. The molecule has 0 atom stereocenters. The molecule has 0 radical (unpaired) electrons. The molecule has 0 aliphatic carbocycles. The number of hydrogen-bond acceptors (Lipinski definition) is 4. The van der Waals surface area contributed by atoms with Crippen molar-refractivity contribution >= 4 is 34.8 Å². The fourth-order valence-electron chi connectivity index (χ4n) is 2.43. The summed E-state index contributed by atoms with van der Waals surface area (Å²) in [6.07, 6.45) is 1.52. The topological polar surface area (TPSA) is 65.4 Å². The van der Waals surface area contributed by atoms with Crippen molar-refractivity contribution in [2.24, 2.45) is 0 Å². The van der Waals surface area contributed by atoms with Gasteiger partial charge in [0.05, 0.1) is 15.7 Å². The van der Waals surface area contributed by atoms with Crippen LogP contribution in [0.2, 0.25) is 10.0 Å². The summed E-state index contributed by atoms with van der Waals surface area (Å²) >= 11 is 12.1. The van der Waals surface area contributed by atoms with Crippen LogP contribution in [-0.4, -0.2) is 22.3 Å². The maximum atomic E-state index is 12.6. The molecule has 1 amide bonds. The first-order chi connectivity index (χ1) is 13.8. The van der Waals surface area contributed by atoms with Gasteiger partial charge in [-0.25, -0.2) is 4.68 Å². The Morgan fingerprint density at radius 2 is 1.93 bits per heavy atom. The highest BCUT2D eigenvalue weighted by Crippen LogP contribution is 2.32. The van der Waals surface area contributed by atoms with E-state index in [1.165, 1.54) is 29.1 Å². The molecular formula is C19H15Cl2F2N3O3. The van der Waals surface area contributed by atoms with E-state index in [-0.39, 0.29) is 23.9 Å². The van der Waals surface area contributed by atoms with Gasteiger partial charge in [0.15, 0.2) is 18.2 Å². The molecule has 3 rings (SSSR count). The summed E-state index contributed by atoms with van der Waals surface area (Å²) in [7, 11) is 0. The SMILES string of the molecule is Cc1ccc(OC(F)F)c(NC(=O)c2ccn(COc3c(Cl)cccc3Cl)n2)c1. The first-order valence-corrected chi connectivity index (χ1v) is 9.06. The van der Waals surface area contributed by atoms with Crippen molar-refractivity contribution in [3.63, 3.8) is 0 Å². The van der Waals surface area contributed by atoms with Crippen molar-refractivity contribution in [3.05, 3.63) is 70.0 Å². The maximum absolute atomic E-state index is 12.6. The fourth-order valence-corrected chi connectivity index (χ4v) is 2.94. The van der Waals surface area contributed by atoms with Crippen LogP contribution in [0.25, 0.3) is 0 Å². The van der Waals surface area contributed by atoms with Gasteiger partial charge in [-0.05, 0) is 42.8 Å². The van der Waals surface area contributed by atoms with Crippen molar-refractivity contribution in [2.45, 2.75) is 20.3 Å². The molecule has 2 aromatic carbocycles. The van der Waals surface area contributed by atoms with Crippen LogP contribution in [0.15, 0.2) is 48.7 Å². The van der Waals surface area contributed by atoms with Crippen LogP contribution in [0.1, 0.15) is 16.1 Å². The summed E-state index contributed by atoms with van der Waals surface area (Å²) in [5.41, 5.74) is 0.935. The van der Waals surface area contributed by atoms with Gasteiger partial charge >= 0.3 is 6.61 Å². The standard InChI is InChI=1S/C19H15Cl2F2N3O3/c1-11-5-6-16(29-19(22)23)15(9-11)24-18(27)14-7-8-26(25-14)10-28-17-12(20)3-2-4-13(17)21/h2-9,19H,10H2,1H3,(H,24,27). The molecule has 0 saturated heterocycles. The molecule has 1 heterocycles. The van der Waals surface area contributed by atoms with E-state index in [1.807, 2.05) is 0 Å². The van der Waals surface area contributed by atoms with Crippen LogP contribution in [0.5, 0.6) is 11.5 Å². The number of carbonyl (C=O) groups excluding carboxylic acids is 1. The molecule has 3 aromatic rings. The number of para-hydroxylation sites is 1. The molecule has 6 nitrogen and oxygen atoms in total. The Morgan fingerprint density at radius 1 is 1.21 bits per heavy atom. The van der Waals surface area contributed by atoms with Gasteiger partial charge in [-0.2, -0.15) is 13.9 Å². The van der Waals surface area contributed by atoms with Crippen molar-refractivity contribution < 1.29 is 23.0 Å². The third kappa shape index (κ3) is 5.36. The van der Waals surface area contributed by atoms with Gasteiger partial charge in [0.2, 0.25) is 0 Å². The van der Waals surface area contributed by atoms with E-state index in [1.54, 1.807) is 31.2 Å². The summed E-state index contributed by atoms with van der Waals surface area (Å²) in [4.78, 5) is 12.4. The number of aromatic nitrogens is 2. The van der Waals surface area contributed by atoms with Gasteiger partial charge in [0.25, 0.3) is 5.91 Å². The quantitative estimate of drug-likeness (QED) is 0.533. The predicted octanol–water partition coefficient (Wildman–Crippen LogP) is 5.39. The molecule has 0 fully saturated rings. The van der Waals surface area contributed by atoms with Gasteiger partial charge in [-0.3, -0.25) is 4.79 Å². The zero-order valence-electron chi connectivity index (χ0n) is 15.0. The lowest BCUT2D eigenvalue weighted by atomic mass is 10.2. The molecule has 10 heteroatoms. The summed E-state index contributed by atoms with van der Waals surface area (Å²) in [5, 5.41) is 7.30. The summed E-state index contributed by atoms with van der Waals surface area (Å²) < 4.78 is 36.5. The van der Waals surface area contributed by atoms with Gasteiger partial charge in [0.1, 0.15) is 5.75 Å². The van der Waals surface area contributed by atoms with Gasteiger partial charge in [-0.1, -0.05) is 35.3 Å². The lowest BCUT2D eigenvalue weighted by Crippen LogP contribution is -2.16. The normalized spacial score (nSPS) is 10.8. The van der Waals surface area contributed by atoms with Gasteiger partial charge < -0.3 is 14.8 Å². The first-order valence-electron chi connectivity index (χ1n) is 8.30. The largest absolute Gasteiger partial charge is 0.468 e. The molecule has 0 unspecified atom stereocenters. The van der Waals surface area contributed by atoms with Crippen LogP contribution in [0.3, 0.4) is 0 Å². The minimum atomic E-state index is -3.01. The third-order valence-electron chi connectivity index (χ3n) is 3.73. The van der Waals surface area contributed by atoms with Crippen LogP contribution in [0.4, 0.5) is 14.5 Å². The molecule has 0 saturated carbocycles. The number of hydrogen-bond donors (Lipinski definition) is 1. The van der Waals surface area contributed by atoms with Gasteiger partial charge in [-0.15, -0.1) is 0 Å². The van der Waals surface area contributed by atoms with E-state index in [2.05, 4.69) is 15.2 Å². The Hall–Kier alpha value is -2.84. The first kappa shape index (κ1) is 20.9. The van der Waals surface area contributed by atoms with E-state index in [0.717, 1.165) is 5.56 Å². The fraction of sp³-hybridized carbons (Fsp3) is 0.158. The van der Waals surface area contributed by atoms with Crippen molar-refractivity contribution in [2.75, 3.05) is 5.32 Å². The Morgan fingerprint density at radius 3 is 2.62 bits per heavy atom. The number of anilines is 1. The van der Waals surface area contributed by atoms with E-state index < -0.39 is 12.5 Å². The number of carbonyl (C=O) groups is 1. The number of aryl methyl sites for hydroxylation is 1. The molecule has 0 aliphatic rings. The van der Waals surface area contributed by atoms with Crippen LogP contribution >= 0.6 is 23.2 Å². The third-order valence-corrected chi connectivity index (χ3v) is 4.33. The van der Waals surface area contributed by atoms with Crippen LogP contribution in [0, 0.1) is 6.92 Å². The second kappa shape index (κ2) is 9.11. The number of halogens is 4. The molecule has 152 valence electrons. The minimum absolute atomic E-state index is 0.0408. The second-order valence-corrected chi connectivity index (χ2v) is 6.71. The number of nitrogens with one attached hydrogen (secondary N) is 1. The number of ether oxygens (including phenoxy) is 2. The highest BCUT2D eigenvalue weighted by atomic mass is 35.5. The molecule has 0 aliphatic heterocycles. The smallest absolute Gasteiger partial charge is 0.387 e. The Labute approximate surface area is 174 Å². The van der Waals surface area contributed by atoms with Crippen molar-refractivity contribution in [3.8, 4) is 11.5 Å². The summed E-state index contributed by atoms with van der Waals surface area (Å²) in [6.45, 7) is -1.30. The average Bonchev–Trinajstić information content (AvgIpc) is 3.12. The zero-order valence-corrected chi connectivity index (χ0v) is 16.5. The number of amides is 1. The lowest BCUT2D eigenvalue weighted by molar-refractivity contribution is -0.0493. The Kier molecular flexibility index (Phi) is 6.56. The molecule has 0 spiro atoms. The highest BCUT2D eigenvalue weighted by Gasteiger charge is 2.16. The maximum Gasteiger partial charge on any atom is 0.387 e. The zero-order chi connectivity index (χ0) is 21.0. The van der Waals surface area contributed by atoms with Crippen LogP contribution in [-0.2, 0) is 6.73 Å². The van der Waals surface area contributed by atoms with E-state index in [9.17, 15) is 13.6 Å². The molecule has 29 heavy (non-hydrogen) atoms. The van der Waals surface area contributed by atoms with Crippen molar-refractivity contribution in [1.29, 1.82) is 0 Å². The van der Waals surface area contributed by atoms with Gasteiger partial charge in [0, 0.05) is 6.20 Å². The monoisotopic (exact) mass is 441 g/mol. The molecule has 1 N–H and O–H groups in total. The second-order valence-electron chi connectivity index (χ2n) is 5.90. The Balaban J connectivity index is 1.69. The minimum Gasteiger partial charge on any atom is -0.468 e. The van der Waals surface area contributed by atoms with E-state index in [0.29, 0.717) is 15.8 Å². The highest BCUT2D eigenvalue weighted by molar-refractivity contribution is 6.37. The number of rotatable bonds is 7. The predicted molar refractivity (Wildman–Crippen MR) is 105 cm³/mol. The molecular weight excluding hydrogens is 427 g/mol. The average molecular weight is 442 g/mol. The number of nitrogens with zero attached hydrogens (tertiary/aromatic N) is 2. The Bertz CT molecular complexity index is 1010. The molecule has 0 bridgehead atoms. The summed E-state index contributed by atoms with van der Waals surface area (Å²) in [5.74, 6) is -0.440. The summed E-state index contributed by atoms with van der Waals surface area (Å²) in [6, 6.07) is 10.9. The van der Waals surface area contributed by atoms with E-state index >= 15 is 0 Å². The molecule has 1 aromatic heterocycles.